The van der Waals surface area contributed by atoms with E-state index in [9.17, 15) is 4.79 Å². The van der Waals surface area contributed by atoms with E-state index in [0.717, 1.165) is 5.56 Å². The van der Waals surface area contributed by atoms with Gasteiger partial charge in [-0.2, -0.15) is 5.10 Å². The highest BCUT2D eigenvalue weighted by Gasteiger charge is 2.15. The molecular weight excluding hydrogens is 256 g/mol. The molecule has 0 aliphatic heterocycles. The minimum Gasteiger partial charge on any atom is -0.322 e. The van der Waals surface area contributed by atoms with E-state index in [1.54, 1.807) is 6.33 Å². The number of nitrogens with zero attached hydrogens (tertiary/aromatic N) is 4. The van der Waals surface area contributed by atoms with E-state index in [1.807, 2.05) is 34.9 Å². The number of anilines is 1. The molecule has 2 heterocycles. The number of aromatic amines is 1. The number of carbonyl (C=O) groups is 1. The molecule has 0 fully saturated rings. The van der Waals surface area contributed by atoms with Crippen LogP contribution in [0.25, 0.3) is 11.5 Å². The molecule has 1 aromatic carbocycles. The van der Waals surface area contributed by atoms with Crippen molar-refractivity contribution in [3.8, 4) is 11.5 Å². The zero-order chi connectivity index (χ0) is 13.8. The highest BCUT2D eigenvalue weighted by atomic mass is 16.1. The fourth-order valence-corrected chi connectivity index (χ4v) is 2.01. The molecule has 7 heteroatoms. The van der Waals surface area contributed by atoms with E-state index in [4.69, 9.17) is 0 Å². The number of hydrogen-bond donors (Lipinski definition) is 2. The number of nitrogens with one attached hydrogen (secondary N) is 2. The maximum atomic E-state index is 10.7. The van der Waals surface area contributed by atoms with Gasteiger partial charge in [-0.3, -0.25) is 9.89 Å². The quantitative estimate of drug-likeness (QED) is 0.682. The molecule has 0 spiro atoms. The lowest BCUT2D eigenvalue weighted by Gasteiger charge is -2.07. The van der Waals surface area contributed by atoms with Crippen molar-refractivity contribution in [2.75, 3.05) is 5.32 Å². The standard InChI is InChI=1S/C13H12N6O/c20-9-16-12-11(13-14-7-17-18-13)19(8-15-12)6-10-4-2-1-3-5-10/h1-5,7-9H,6H2,(H,16,20)(H,14,17,18). The molecule has 0 saturated carbocycles. The number of hydrogen-bond acceptors (Lipinski definition) is 4. The van der Waals surface area contributed by atoms with Gasteiger partial charge in [-0.1, -0.05) is 30.3 Å². The molecule has 2 N–H and O–H groups in total. The van der Waals surface area contributed by atoms with Gasteiger partial charge in [0.1, 0.15) is 12.0 Å². The third-order valence-electron chi connectivity index (χ3n) is 2.87. The van der Waals surface area contributed by atoms with Crippen molar-refractivity contribution in [1.29, 1.82) is 0 Å². The average molecular weight is 268 g/mol. The topological polar surface area (TPSA) is 88.5 Å². The lowest BCUT2D eigenvalue weighted by Crippen LogP contribution is -2.03. The summed E-state index contributed by atoms with van der Waals surface area (Å²) in [6.45, 7) is 0.629. The number of carbonyl (C=O) groups excluding carboxylic acids is 1. The molecule has 100 valence electrons. The molecule has 0 bridgehead atoms. The predicted octanol–water partition coefficient (Wildman–Crippen LogP) is 1.28. The molecule has 0 aliphatic carbocycles. The van der Waals surface area contributed by atoms with Crippen LogP contribution in [0.4, 0.5) is 5.82 Å². The Kier molecular flexibility index (Phi) is 3.24. The van der Waals surface area contributed by atoms with Gasteiger partial charge < -0.3 is 9.88 Å². The monoisotopic (exact) mass is 268 g/mol. The molecule has 0 radical (unpaired) electrons. The molecule has 3 rings (SSSR count). The molecule has 20 heavy (non-hydrogen) atoms. The Morgan fingerprint density at radius 3 is 2.80 bits per heavy atom. The number of benzene rings is 1. The van der Waals surface area contributed by atoms with Gasteiger partial charge in [-0.05, 0) is 5.56 Å². The first-order valence-electron chi connectivity index (χ1n) is 6.03. The van der Waals surface area contributed by atoms with Gasteiger partial charge in [-0.15, -0.1) is 0 Å². The second-order valence-electron chi connectivity index (χ2n) is 4.15. The summed E-state index contributed by atoms with van der Waals surface area (Å²) in [7, 11) is 0. The van der Waals surface area contributed by atoms with E-state index >= 15 is 0 Å². The van der Waals surface area contributed by atoms with Crippen LogP contribution in [0.5, 0.6) is 0 Å². The van der Waals surface area contributed by atoms with Crippen LogP contribution in [0, 0.1) is 0 Å². The predicted molar refractivity (Wildman–Crippen MR) is 72.8 cm³/mol. The number of rotatable bonds is 5. The van der Waals surface area contributed by atoms with Crippen LogP contribution in [-0.4, -0.2) is 31.1 Å². The van der Waals surface area contributed by atoms with Gasteiger partial charge in [0, 0.05) is 6.54 Å². The fraction of sp³-hybridized carbons (Fsp3) is 0.0769. The van der Waals surface area contributed by atoms with Crippen molar-refractivity contribution in [2.24, 2.45) is 0 Å². The largest absolute Gasteiger partial charge is 0.322 e. The molecule has 7 nitrogen and oxygen atoms in total. The minimum absolute atomic E-state index is 0.452. The smallest absolute Gasteiger partial charge is 0.212 e. The molecule has 1 amide bonds. The van der Waals surface area contributed by atoms with Crippen LogP contribution in [0.15, 0.2) is 43.0 Å². The Labute approximate surface area is 114 Å². The fourth-order valence-electron chi connectivity index (χ4n) is 2.01. The molecular formula is C13H12N6O. The number of aromatic nitrogens is 5. The Morgan fingerprint density at radius 2 is 2.10 bits per heavy atom. The van der Waals surface area contributed by atoms with E-state index in [2.05, 4.69) is 25.5 Å². The maximum Gasteiger partial charge on any atom is 0.212 e. The van der Waals surface area contributed by atoms with Crippen LogP contribution >= 0.6 is 0 Å². The Morgan fingerprint density at radius 1 is 1.25 bits per heavy atom. The van der Waals surface area contributed by atoms with Crippen LogP contribution < -0.4 is 5.32 Å². The van der Waals surface area contributed by atoms with Crippen molar-refractivity contribution in [2.45, 2.75) is 6.54 Å². The Hall–Kier alpha value is -2.96. The molecule has 0 saturated heterocycles. The van der Waals surface area contributed by atoms with Gasteiger partial charge in [0.25, 0.3) is 0 Å². The van der Waals surface area contributed by atoms with Crippen LogP contribution in [-0.2, 0) is 11.3 Å². The zero-order valence-electron chi connectivity index (χ0n) is 10.5. The third-order valence-corrected chi connectivity index (χ3v) is 2.87. The van der Waals surface area contributed by atoms with Crippen LogP contribution in [0.1, 0.15) is 5.56 Å². The summed E-state index contributed by atoms with van der Waals surface area (Å²) in [5.74, 6) is 1.01. The summed E-state index contributed by atoms with van der Waals surface area (Å²) in [5, 5.41) is 9.19. The Balaban J connectivity index is 2.01. The molecule has 0 aliphatic rings. The molecule has 0 atom stereocenters. The van der Waals surface area contributed by atoms with Gasteiger partial charge in [-0.25, -0.2) is 9.97 Å². The number of H-pyrrole nitrogens is 1. The highest BCUT2D eigenvalue weighted by Crippen LogP contribution is 2.24. The first-order chi connectivity index (χ1) is 9.88. The van der Waals surface area contributed by atoms with Crippen molar-refractivity contribution < 1.29 is 4.79 Å². The number of imidazole rings is 1. The van der Waals surface area contributed by atoms with E-state index in [1.165, 1.54) is 6.33 Å². The van der Waals surface area contributed by atoms with Gasteiger partial charge >= 0.3 is 0 Å². The van der Waals surface area contributed by atoms with E-state index in [0.29, 0.717) is 30.3 Å². The van der Waals surface area contributed by atoms with Crippen molar-refractivity contribution in [3.05, 3.63) is 48.5 Å². The van der Waals surface area contributed by atoms with Gasteiger partial charge in [0.15, 0.2) is 11.6 Å². The zero-order valence-corrected chi connectivity index (χ0v) is 10.5. The van der Waals surface area contributed by atoms with Crippen molar-refractivity contribution in [3.63, 3.8) is 0 Å². The summed E-state index contributed by atoms with van der Waals surface area (Å²) in [4.78, 5) is 19.0. The van der Waals surface area contributed by atoms with E-state index < -0.39 is 0 Å². The molecule has 0 unspecified atom stereocenters. The number of amides is 1. The van der Waals surface area contributed by atoms with Crippen molar-refractivity contribution in [1.82, 2.24) is 24.7 Å². The summed E-state index contributed by atoms with van der Waals surface area (Å²) in [5.41, 5.74) is 1.82. The summed E-state index contributed by atoms with van der Waals surface area (Å²) in [6.07, 6.45) is 3.67. The lowest BCUT2D eigenvalue weighted by molar-refractivity contribution is -0.105. The average Bonchev–Trinajstić information content (AvgIpc) is 3.10. The maximum absolute atomic E-state index is 10.7. The third kappa shape index (κ3) is 2.28. The Bertz CT molecular complexity index is 689. The summed E-state index contributed by atoms with van der Waals surface area (Å²) in [6, 6.07) is 9.97. The highest BCUT2D eigenvalue weighted by molar-refractivity contribution is 5.78. The van der Waals surface area contributed by atoms with Gasteiger partial charge in [0.05, 0.1) is 6.33 Å². The molecule has 3 aromatic rings. The minimum atomic E-state index is 0.452. The van der Waals surface area contributed by atoms with Crippen molar-refractivity contribution >= 4 is 12.2 Å². The van der Waals surface area contributed by atoms with Crippen LogP contribution in [0.3, 0.4) is 0 Å². The SMILES string of the molecule is O=CNc1ncn(Cc2ccccc2)c1-c1ncn[nH]1. The van der Waals surface area contributed by atoms with E-state index in [-0.39, 0.29) is 0 Å². The van der Waals surface area contributed by atoms with Gasteiger partial charge in [0.2, 0.25) is 6.41 Å². The lowest BCUT2D eigenvalue weighted by atomic mass is 10.2. The molecule has 2 aromatic heterocycles. The summed E-state index contributed by atoms with van der Waals surface area (Å²) >= 11 is 0. The second kappa shape index (κ2) is 5.35. The summed E-state index contributed by atoms with van der Waals surface area (Å²) < 4.78 is 1.90. The first-order valence-corrected chi connectivity index (χ1v) is 6.03. The first kappa shape index (κ1) is 12.1. The normalized spacial score (nSPS) is 10.4. The van der Waals surface area contributed by atoms with Crippen LogP contribution in [0.2, 0.25) is 0 Å². The second-order valence-corrected chi connectivity index (χ2v) is 4.15.